The van der Waals surface area contributed by atoms with Crippen LogP contribution in [0.2, 0.25) is 5.02 Å². The minimum absolute atomic E-state index is 0.00415. The maximum Gasteiger partial charge on any atom is 0.295 e. The fourth-order valence-electron chi connectivity index (χ4n) is 3.71. The lowest BCUT2D eigenvalue weighted by Gasteiger charge is -2.27. The van der Waals surface area contributed by atoms with Crippen LogP contribution >= 0.6 is 11.6 Å². The maximum absolute atomic E-state index is 13.0. The first-order chi connectivity index (χ1) is 14.9. The predicted octanol–water partition coefficient (Wildman–Crippen LogP) is 3.51. The van der Waals surface area contributed by atoms with Gasteiger partial charge in [-0.1, -0.05) is 31.5 Å². The van der Waals surface area contributed by atoms with Gasteiger partial charge in [-0.2, -0.15) is 0 Å². The number of likely N-dealkylation sites (N-methyl/N-ethyl adjacent to an activating group) is 1. The number of halogens is 1. The molecular weight excluding hydrogens is 418 g/mol. The summed E-state index contributed by atoms with van der Waals surface area (Å²) in [6.45, 7) is 6.70. The Hall–Kier alpha value is -2.90. The van der Waals surface area contributed by atoms with Gasteiger partial charge in [-0.3, -0.25) is 14.6 Å². The largest absolute Gasteiger partial charge is 0.507 e. The van der Waals surface area contributed by atoms with Gasteiger partial charge in [0.15, 0.2) is 0 Å². The van der Waals surface area contributed by atoms with Crippen molar-refractivity contribution in [3.8, 4) is 5.75 Å². The van der Waals surface area contributed by atoms with E-state index in [1.807, 2.05) is 13.8 Å². The molecule has 0 radical (unpaired) electrons. The molecule has 1 saturated heterocycles. The van der Waals surface area contributed by atoms with Gasteiger partial charge in [-0.25, -0.2) is 0 Å². The Balaban J connectivity index is 2.08. The number of hydrogen-bond donors (Lipinski definition) is 1. The van der Waals surface area contributed by atoms with Crippen molar-refractivity contribution in [2.45, 2.75) is 19.9 Å². The van der Waals surface area contributed by atoms with Crippen molar-refractivity contribution in [2.75, 3.05) is 33.3 Å². The molecule has 0 saturated carbocycles. The number of methoxy groups -OCH3 is 1. The molecule has 1 N–H and O–H groups in total. The van der Waals surface area contributed by atoms with Crippen molar-refractivity contribution in [2.24, 2.45) is 0 Å². The van der Waals surface area contributed by atoms with E-state index in [4.69, 9.17) is 16.3 Å². The normalized spacial score (nSPS) is 18.1. The van der Waals surface area contributed by atoms with Crippen LogP contribution in [-0.4, -0.2) is 64.9 Å². The number of likely N-dealkylation sites (tertiary alicyclic amines) is 1. The fourth-order valence-corrected chi connectivity index (χ4v) is 3.97. The van der Waals surface area contributed by atoms with E-state index in [-0.39, 0.29) is 16.4 Å². The van der Waals surface area contributed by atoms with Gasteiger partial charge in [0, 0.05) is 24.8 Å². The minimum Gasteiger partial charge on any atom is -0.507 e. The van der Waals surface area contributed by atoms with Crippen molar-refractivity contribution in [1.82, 2.24) is 14.8 Å². The molecule has 8 heteroatoms. The molecule has 3 rings (SSSR count). The van der Waals surface area contributed by atoms with E-state index in [9.17, 15) is 14.7 Å². The number of ether oxygens (including phenoxy) is 1. The number of nitrogens with zero attached hydrogens (tertiary/aromatic N) is 3. The van der Waals surface area contributed by atoms with Crippen molar-refractivity contribution in [3.05, 3.63) is 64.4 Å². The zero-order valence-corrected chi connectivity index (χ0v) is 18.6. The highest BCUT2D eigenvalue weighted by molar-refractivity contribution is 6.46. The Kier molecular flexibility index (Phi) is 7.30. The number of Topliss-reactive ketones (excluding diaryl/α,β-unsaturated/α-hetero) is 1. The average molecular weight is 444 g/mol. The topological polar surface area (TPSA) is 83.0 Å². The lowest BCUT2D eigenvalue weighted by atomic mass is 9.98. The third kappa shape index (κ3) is 4.57. The van der Waals surface area contributed by atoms with E-state index < -0.39 is 17.7 Å². The highest BCUT2D eigenvalue weighted by Gasteiger charge is 2.46. The van der Waals surface area contributed by atoms with Crippen molar-refractivity contribution in [3.63, 3.8) is 0 Å². The summed E-state index contributed by atoms with van der Waals surface area (Å²) in [6.07, 6.45) is 1.60. The van der Waals surface area contributed by atoms with E-state index in [2.05, 4.69) is 9.88 Å². The number of aliphatic hydroxyl groups excluding tert-OH is 1. The minimum atomic E-state index is -0.780. The van der Waals surface area contributed by atoms with E-state index in [1.54, 1.807) is 36.5 Å². The second kappa shape index (κ2) is 9.94. The molecule has 1 aromatic carbocycles. The molecule has 164 valence electrons. The Labute approximate surface area is 186 Å². The molecule has 1 aromatic heterocycles. The first-order valence-electron chi connectivity index (χ1n) is 10.2. The molecule has 0 bridgehead atoms. The van der Waals surface area contributed by atoms with E-state index >= 15 is 0 Å². The summed E-state index contributed by atoms with van der Waals surface area (Å²) in [4.78, 5) is 33.9. The summed E-state index contributed by atoms with van der Waals surface area (Å²) in [7, 11) is 1.49. The number of aromatic nitrogens is 1. The van der Waals surface area contributed by atoms with Gasteiger partial charge in [-0.15, -0.1) is 0 Å². The van der Waals surface area contributed by atoms with Crippen LogP contribution in [0.4, 0.5) is 0 Å². The number of hydrogen-bond acceptors (Lipinski definition) is 6. The molecule has 31 heavy (non-hydrogen) atoms. The smallest absolute Gasteiger partial charge is 0.295 e. The third-order valence-electron chi connectivity index (χ3n) is 5.48. The van der Waals surface area contributed by atoms with Gasteiger partial charge in [0.25, 0.3) is 11.7 Å². The van der Waals surface area contributed by atoms with Gasteiger partial charge >= 0.3 is 0 Å². The Morgan fingerprint density at radius 2 is 1.97 bits per heavy atom. The van der Waals surface area contributed by atoms with Crippen LogP contribution in [0.25, 0.3) is 5.76 Å². The molecule has 0 aliphatic carbocycles. The standard InChI is InChI=1S/C23H26ClN3O4/c1-4-26(5-2)12-13-27-20(17-8-6-7-11-25-17)19(22(29)23(27)30)21(28)15-9-10-18(31-3)16(24)14-15/h6-11,14,20,28H,4-5,12-13H2,1-3H3/b21-19-. The second-order valence-electron chi connectivity index (χ2n) is 7.12. The molecule has 1 amide bonds. The molecule has 7 nitrogen and oxygen atoms in total. The number of pyridine rings is 1. The van der Waals surface area contributed by atoms with Gasteiger partial charge in [0.1, 0.15) is 17.6 Å². The molecule has 1 fully saturated rings. The Morgan fingerprint density at radius 1 is 1.23 bits per heavy atom. The molecule has 0 spiro atoms. The summed E-state index contributed by atoms with van der Waals surface area (Å²) < 4.78 is 5.15. The molecule has 2 aromatic rings. The average Bonchev–Trinajstić information content (AvgIpc) is 3.04. The highest BCUT2D eigenvalue weighted by atomic mass is 35.5. The van der Waals surface area contributed by atoms with Crippen molar-refractivity contribution < 1.29 is 19.4 Å². The summed E-state index contributed by atoms with van der Waals surface area (Å²) in [6, 6.07) is 9.22. The van der Waals surface area contributed by atoms with Gasteiger partial charge < -0.3 is 19.6 Å². The molecular formula is C23H26ClN3O4. The first-order valence-corrected chi connectivity index (χ1v) is 10.6. The number of carbonyl (C=O) groups excluding carboxylic acids is 2. The lowest BCUT2D eigenvalue weighted by Crippen LogP contribution is -2.38. The van der Waals surface area contributed by atoms with Crippen LogP contribution in [0.15, 0.2) is 48.2 Å². The summed E-state index contributed by atoms with van der Waals surface area (Å²) in [5.74, 6) is -1.23. The van der Waals surface area contributed by atoms with Crippen molar-refractivity contribution >= 4 is 29.1 Å². The molecule has 1 aliphatic rings. The van der Waals surface area contributed by atoms with Crippen LogP contribution in [0.5, 0.6) is 5.75 Å². The number of benzene rings is 1. The zero-order chi connectivity index (χ0) is 22.5. The van der Waals surface area contributed by atoms with E-state index in [1.165, 1.54) is 18.1 Å². The number of amides is 1. The fraction of sp³-hybridized carbons (Fsp3) is 0.348. The van der Waals surface area contributed by atoms with E-state index in [0.717, 1.165) is 13.1 Å². The van der Waals surface area contributed by atoms with Gasteiger partial charge in [0.05, 0.1) is 23.4 Å². The lowest BCUT2D eigenvalue weighted by molar-refractivity contribution is -0.140. The molecule has 1 unspecified atom stereocenters. The second-order valence-corrected chi connectivity index (χ2v) is 7.53. The Morgan fingerprint density at radius 3 is 2.55 bits per heavy atom. The van der Waals surface area contributed by atoms with Gasteiger partial charge in [0.2, 0.25) is 0 Å². The van der Waals surface area contributed by atoms with Crippen LogP contribution in [0.1, 0.15) is 31.1 Å². The van der Waals surface area contributed by atoms with Crippen LogP contribution in [0, 0.1) is 0 Å². The predicted molar refractivity (Wildman–Crippen MR) is 119 cm³/mol. The summed E-state index contributed by atoms with van der Waals surface area (Å²) >= 11 is 6.21. The number of rotatable bonds is 8. The zero-order valence-electron chi connectivity index (χ0n) is 17.8. The van der Waals surface area contributed by atoms with Crippen LogP contribution in [-0.2, 0) is 9.59 Å². The first kappa shape index (κ1) is 22.8. The number of aliphatic hydroxyl groups is 1. The summed E-state index contributed by atoms with van der Waals surface area (Å²) in [5.41, 5.74) is 0.848. The SMILES string of the molecule is CCN(CC)CCN1C(=O)C(=O)/C(=C(\O)c2ccc(OC)c(Cl)c2)C1c1ccccn1. The van der Waals surface area contributed by atoms with Crippen molar-refractivity contribution in [1.29, 1.82) is 0 Å². The third-order valence-corrected chi connectivity index (χ3v) is 5.78. The summed E-state index contributed by atoms with van der Waals surface area (Å²) in [5, 5.41) is 11.3. The van der Waals surface area contributed by atoms with Crippen LogP contribution in [0.3, 0.4) is 0 Å². The molecule has 2 heterocycles. The van der Waals surface area contributed by atoms with E-state index in [0.29, 0.717) is 30.1 Å². The monoisotopic (exact) mass is 443 g/mol. The maximum atomic E-state index is 13.0. The quantitative estimate of drug-likeness (QED) is 0.382. The molecule has 1 aliphatic heterocycles. The number of carbonyl (C=O) groups is 2. The Bertz CT molecular complexity index is 990. The molecule has 1 atom stereocenters. The van der Waals surface area contributed by atoms with Crippen LogP contribution < -0.4 is 4.74 Å². The van der Waals surface area contributed by atoms with Gasteiger partial charge in [-0.05, 0) is 43.4 Å². The highest BCUT2D eigenvalue weighted by Crippen LogP contribution is 2.39. The number of ketones is 1.